The van der Waals surface area contributed by atoms with Gasteiger partial charge in [-0.05, 0) is 55.2 Å². The molecule has 1 N–H and O–H groups in total. The second kappa shape index (κ2) is 8.52. The SMILES string of the molecule is COc1cccc(C(=O)Nc2ccc(CCC(=O)N3CCCC3)cc2)c1. The summed E-state index contributed by atoms with van der Waals surface area (Å²) in [7, 11) is 1.57. The van der Waals surface area contributed by atoms with E-state index in [0.717, 1.165) is 43.6 Å². The van der Waals surface area contributed by atoms with Gasteiger partial charge in [0.25, 0.3) is 5.91 Å². The quantitative estimate of drug-likeness (QED) is 0.866. The first-order chi connectivity index (χ1) is 12.7. The number of anilines is 1. The number of hydrogen-bond acceptors (Lipinski definition) is 3. The van der Waals surface area contributed by atoms with Crippen LogP contribution in [-0.4, -0.2) is 36.9 Å². The number of aryl methyl sites for hydroxylation is 1. The van der Waals surface area contributed by atoms with Gasteiger partial charge in [-0.15, -0.1) is 0 Å². The van der Waals surface area contributed by atoms with Gasteiger partial charge in [0.1, 0.15) is 5.75 Å². The molecule has 26 heavy (non-hydrogen) atoms. The van der Waals surface area contributed by atoms with Crippen LogP contribution in [0.1, 0.15) is 35.2 Å². The number of carbonyl (C=O) groups excluding carboxylic acids is 2. The molecule has 5 nitrogen and oxygen atoms in total. The molecular formula is C21H24N2O3. The van der Waals surface area contributed by atoms with E-state index >= 15 is 0 Å². The lowest BCUT2D eigenvalue weighted by Crippen LogP contribution is -2.27. The number of ether oxygens (including phenoxy) is 1. The Morgan fingerprint density at radius 2 is 1.81 bits per heavy atom. The number of benzene rings is 2. The highest BCUT2D eigenvalue weighted by atomic mass is 16.5. The Bertz CT molecular complexity index is 765. The van der Waals surface area contributed by atoms with Crippen molar-refractivity contribution in [1.29, 1.82) is 0 Å². The minimum atomic E-state index is -0.180. The van der Waals surface area contributed by atoms with Crippen molar-refractivity contribution in [3.8, 4) is 5.75 Å². The van der Waals surface area contributed by atoms with Crippen molar-refractivity contribution in [3.63, 3.8) is 0 Å². The largest absolute Gasteiger partial charge is 0.497 e. The average molecular weight is 352 g/mol. The first-order valence-electron chi connectivity index (χ1n) is 8.98. The molecule has 0 aromatic heterocycles. The summed E-state index contributed by atoms with van der Waals surface area (Å²) >= 11 is 0. The summed E-state index contributed by atoms with van der Waals surface area (Å²) in [6.07, 6.45) is 3.50. The van der Waals surface area contributed by atoms with Gasteiger partial charge in [-0.2, -0.15) is 0 Å². The summed E-state index contributed by atoms with van der Waals surface area (Å²) in [5.74, 6) is 0.703. The lowest BCUT2D eigenvalue weighted by molar-refractivity contribution is -0.130. The zero-order valence-electron chi connectivity index (χ0n) is 15.0. The van der Waals surface area contributed by atoms with Crippen molar-refractivity contribution in [2.45, 2.75) is 25.7 Å². The molecule has 0 saturated carbocycles. The molecule has 0 aliphatic carbocycles. The third kappa shape index (κ3) is 4.63. The number of amides is 2. The van der Waals surface area contributed by atoms with Gasteiger partial charge < -0.3 is 15.0 Å². The van der Waals surface area contributed by atoms with Crippen LogP contribution in [0.3, 0.4) is 0 Å². The minimum absolute atomic E-state index is 0.180. The fourth-order valence-corrected chi connectivity index (χ4v) is 3.10. The molecule has 1 saturated heterocycles. The fourth-order valence-electron chi connectivity index (χ4n) is 3.10. The van der Waals surface area contributed by atoms with Crippen LogP contribution in [-0.2, 0) is 11.2 Å². The topological polar surface area (TPSA) is 58.6 Å². The molecule has 136 valence electrons. The molecule has 1 fully saturated rings. The normalized spacial score (nSPS) is 13.5. The van der Waals surface area contributed by atoms with Crippen molar-refractivity contribution >= 4 is 17.5 Å². The number of nitrogens with zero attached hydrogens (tertiary/aromatic N) is 1. The Morgan fingerprint density at radius 1 is 1.08 bits per heavy atom. The smallest absolute Gasteiger partial charge is 0.255 e. The maximum Gasteiger partial charge on any atom is 0.255 e. The molecule has 0 unspecified atom stereocenters. The van der Waals surface area contributed by atoms with E-state index in [4.69, 9.17) is 4.74 Å². The first kappa shape index (κ1) is 18.0. The highest BCUT2D eigenvalue weighted by Gasteiger charge is 2.17. The Hall–Kier alpha value is -2.82. The van der Waals surface area contributed by atoms with E-state index in [0.29, 0.717) is 17.7 Å². The van der Waals surface area contributed by atoms with E-state index < -0.39 is 0 Å². The Balaban J connectivity index is 1.53. The number of methoxy groups -OCH3 is 1. The molecule has 3 rings (SSSR count). The van der Waals surface area contributed by atoms with Crippen LogP contribution < -0.4 is 10.1 Å². The summed E-state index contributed by atoms with van der Waals surface area (Å²) < 4.78 is 5.14. The molecule has 1 heterocycles. The van der Waals surface area contributed by atoms with Crippen LogP contribution in [0.15, 0.2) is 48.5 Å². The zero-order chi connectivity index (χ0) is 18.4. The standard InChI is InChI=1S/C21H24N2O3/c1-26-19-6-4-5-17(15-19)21(25)22-18-10-7-16(8-11-18)9-12-20(24)23-13-2-3-14-23/h4-8,10-11,15H,2-3,9,12-14H2,1H3,(H,22,25). The molecule has 5 heteroatoms. The molecule has 0 spiro atoms. The number of rotatable bonds is 6. The van der Waals surface area contributed by atoms with Gasteiger partial charge >= 0.3 is 0 Å². The summed E-state index contributed by atoms with van der Waals surface area (Å²) in [5, 5.41) is 2.88. The van der Waals surface area contributed by atoms with Crippen molar-refractivity contribution in [1.82, 2.24) is 4.90 Å². The Morgan fingerprint density at radius 3 is 2.50 bits per heavy atom. The lowest BCUT2D eigenvalue weighted by atomic mass is 10.1. The average Bonchev–Trinajstić information content (AvgIpc) is 3.22. The molecule has 0 radical (unpaired) electrons. The molecule has 1 aliphatic heterocycles. The van der Waals surface area contributed by atoms with Crippen LogP contribution in [0.5, 0.6) is 5.75 Å². The van der Waals surface area contributed by atoms with E-state index in [1.54, 1.807) is 31.4 Å². The van der Waals surface area contributed by atoms with Crippen LogP contribution in [0.4, 0.5) is 5.69 Å². The van der Waals surface area contributed by atoms with Gasteiger partial charge in [-0.3, -0.25) is 9.59 Å². The Labute approximate surface area is 154 Å². The summed E-state index contributed by atoms with van der Waals surface area (Å²) in [5.41, 5.74) is 2.37. The van der Waals surface area contributed by atoms with Crippen molar-refractivity contribution in [2.75, 3.05) is 25.5 Å². The number of hydrogen-bond donors (Lipinski definition) is 1. The van der Waals surface area contributed by atoms with E-state index in [-0.39, 0.29) is 11.8 Å². The highest BCUT2D eigenvalue weighted by Crippen LogP contribution is 2.17. The van der Waals surface area contributed by atoms with Crippen LogP contribution in [0.2, 0.25) is 0 Å². The van der Waals surface area contributed by atoms with Crippen LogP contribution >= 0.6 is 0 Å². The van der Waals surface area contributed by atoms with Gasteiger partial charge in [0.15, 0.2) is 0 Å². The van der Waals surface area contributed by atoms with Crippen molar-refractivity contribution in [2.24, 2.45) is 0 Å². The third-order valence-electron chi connectivity index (χ3n) is 4.63. The summed E-state index contributed by atoms with van der Waals surface area (Å²) in [6, 6.07) is 14.7. The first-order valence-corrected chi connectivity index (χ1v) is 8.98. The van der Waals surface area contributed by atoms with Crippen LogP contribution in [0.25, 0.3) is 0 Å². The van der Waals surface area contributed by atoms with Crippen molar-refractivity contribution in [3.05, 3.63) is 59.7 Å². The van der Waals surface area contributed by atoms with E-state index in [1.807, 2.05) is 29.2 Å². The van der Waals surface area contributed by atoms with Gasteiger partial charge in [-0.25, -0.2) is 0 Å². The van der Waals surface area contributed by atoms with Gasteiger partial charge in [-0.1, -0.05) is 18.2 Å². The monoisotopic (exact) mass is 352 g/mol. The zero-order valence-corrected chi connectivity index (χ0v) is 15.0. The van der Waals surface area contributed by atoms with Crippen molar-refractivity contribution < 1.29 is 14.3 Å². The van der Waals surface area contributed by atoms with Gasteiger partial charge in [0.05, 0.1) is 7.11 Å². The number of likely N-dealkylation sites (tertiary alicyclic amines) is 1. The molecule has 2 aromatic carbocycles. The maximum atomic E-state index is 12.3. The van der Waals surface area contributed by atoms with E-state index in [2.05, 4.69) is 5.32 Å². The summed E-state index contributed by atoms with van der Waals surface area (Å²) in [6.45, 7) is 1.79. The molecule has 0 atom stereocenters. The predicted octanol–water partition coefficient (Wildman–Crippen LogP) is 3.50. The number of carbonyl (C=O) groups is 2. The maximum absolute atomic E-state index is 12.3. The summed E-state index contributed by atoms with van der Waals surface area (Å²) in [4.78, 5) is 26.4. The van der Waals surface area contributed by atoms with E-state index in [9.17, 15) is 9.59 Å². The predicted molar refractivity (Wildman–Crippen MR) is 102 cm³/mol. The molecular weight excluding hydrogens is 328 g/mol. The fraction of sp³-hybridized carbons (Fsp3) is 0.333. The van der Waals surface area contributed by atoms with Gasteiger partial charge in [0, 0.05) is 30.8 Å². The highest BCUT2D eigenvalue weighted by molar-refractivity contribution is 6.04. The minimum Gasteiger partial charge on any atom is -0.497 e. The lowest BCUT2D eigenvalue weighted by Gasteiger charge is -2.15. The van der Waals surface area contributed by atoms with Crippen LogP contribution in [0, 0.1) is 0 Å². The molecule has 2 amide bonds. The second-order valence-corrected chi connectivity index (χ2v) is 6.47. The molecule has 1 aliphatic rings. The third-order valence-corrected chi connectivity index (χ3v) is 4.63. The second-order valence-electron chi connectivity index (χ2n) is 6.47. The molecule has 2 aromatic rings. The van der Waals surface area contributed by atoms with Gasteiger partial charge in [0.2, 0.25) is 5.91 Å². The Kier molecular flexibility index (Phi) is 5.89. The molecule has 0 bridgehead atoms. The number of nitrogens with one attached hydrogen (secondary N) is 1. The van der Waals surface area contributed by atoms with E-state index in [1.165, 1.54) is 0 Å².